The Morgan fingerprint density at radius 3 is 1.69 bits per heavy atom. The van der Waals surface area contributed by atoms with Gasteiger partial charge in [0.25, 0.3) is 0 Å². The molecule has 0 bridgehead atoms. The van der Waals surface area contributed by atoms with Crippen LogP contribution in [0.5, 0.6) is 0 Å². The zero-order valence-corrected chi connectivity index (χ0v) is 16.7. The lowest BCUT2D eigenvalue weighted by Crippen LogP contribution is -2.54. The van der Waals surface area contributed by atoms with Crippen molar-refractivity contribution < 1.29 is 20.1 Å². The molecule has 0 radical (unpaired) electrons. The molecule has 0 aromatic carbocycles. The predicted molar refractivity (Wildman–Crippen MR) is 106 cm³/mol. The largest absolute Gasteiger partial charge is 0.390 e. The highest BCUT2D eigenvalue weighted by Gasteiger charge is 2.50. The van der Waals surface area contributed by atoms with Gasteiger partial charge < -0.3 is 15.3 Å². The highest BCUT2D eigenvalue weighted by Crippen LogP contribution is 2.27. The number of hydrogen-bond donors (Lipinski definition) is 3. The highest BCUT2D eigenvalue weighted by molar-refractivity contribution is 6.00. The average Bonchev–Trinajstić information content (AvgIpc) is 2.90. The Kier molecular flexibility index (Phi) is 12.1. The number of aliphatic hydroxyl groups is 3. The van der Waals surface area contributed by atoms with Gasteiger partial charge in [0.2, 0.25) is 0 Å². The first-order valence-corrected chi connectivity index (χ1v) is 10.8. The van der Waals surface area contributed by atoms with Crippen LogP contribution in [0.4, 0.5) is 0 Å². The number of carbonyl (C=O) groups excluding carboxylic acids is 1. The van der Waals surface area contributed by atoms with Crippen molar-refractivity contribution in [2.45, 2.75) is 121 Å². The van der Waals surface area contributed by atoms with Crippen LogP contribution in [0.3, 0.4) is 0 Å². The SMILES string of the molecule is CCCCCCCCCCCCCCCC[C@@H](O)[C@@]1(O)C(=O)C=C[C@@H]1O. The molecule has 1 aliphatic carbocycles. The average molecular weight is 369 g/mol. The summed E-state index contributed by atoms with van der Waals surface area (Å²) >= 11 is 0. The van der Waals surface area contributed by atoms with E-state index in [4.69, 9.17) is 0 Å². The van der Waals surface area contributed by atoms with Crippen LogP contribution in [0.1, 0.15) is 103 Å². The molecule has 152 valence electrons. The fourth-order valence-corrected chi connectivity index (χ4v) is 3.72. The minimum atomic E-state index is -2.03. The summed E-state index contributed by atoms with van der Waals surface area (Å²) in [5.74, 6) is -0.595. The summed E-state index contributed by atoms with van der Waals surface area (Å²) in [7, 11) is 0. The smallest absolute Gasteiger partial charge is 0.192 e. The molecule has 0 aliphatic heterocycles. The summed E-state index contributed by atoms with van der Waals surface area (Å²) < 4.78 is 0. The van der Waals surface area contributed by atoms with Crippen LogP contribution in [-0.4, -0.2) is 38.9 Å². The van der Waals surface area contributed by atoms with Gasteiger partial charge in [-0.15, -0.1) is 0 Å². The summed E-state index contributed by atoms with van der Waals surface area (Å²) in [4.78, 5) is 11.6. The van der Waals surface area contributed by atoms with Gasteiger partial charge in [-0.1, -0.05) is 96.8 Å². The lowest BCUT2D eigenvalue weighted by atomic mass is 9.87. The van der Waals surface area contributed by atoms with E-state index in [0.29, 0.717) is 6.42 Å². The summed E-state index contributed by atoms with van der Waals surface area (Å²) in [5.41, 5.74) is -2.03. The van der Waals surface area contributed by atoms with Gasteiger partial charge in [-0.25, -0.2) is 0 Å². The Bertz CT molecular complexity index is 407. The summed E-state index contributed by atoms with van der Waals surface area (Å²) in [6.07, 6.45) is 17.9. The Labute approximate surface area is 159 Å². The maximum Gasteiger partial charge on any atom is 0.192 e. The van der Waals surface area contributed by atoms with Crippen molar-refractivity contribution in [2.75, 3.05) is 0 Å². The lowest BCUT2D eigenvalue weighted by Gasteiger charge is -2.30. The number of rotatable bonds is 16. The van der Waals surface area contributed by atoms with E-state index in [-0.39, 0.29) is 0 Å². The number of carbonyl (C=O) groups is 1. The molecule has 0 heterocycles. The van der Waals surface area contributed by atoms with Crippen LogP contribution in [0.25, 0.3) is 0 Å². The molecular weight excluding hydrogens is 328 g/mol. The van der Waals surface area contributed by atoms with Gasteiger partial charge in [0, 0.05) is 0 Å². The van der Waals surface area contributed by atoms with Gasteiger partial charge in [0.1, 0.15) is 6.10 Å². The fourth-order valence-electron chi connectivity index (χ4n) is 3.72. The number of ketones is 1. The van der Waals surface area contributed by atoms with Crippen molar-refractivity contribution in [3.8, 4) is 0 Å². The molecule has 0 fully saturated rings. The lowest BCUT2D eigenvalue weighted by molar-refractivity contribution is -0.158. The van der Waals surface area contributed by atoms with Crippen molar-refractivity contribution in [3.63, 3.8) is 0 Å². The second kappa shape index (κ2) is 13.5. The second-order valence-electron chi connectivity index (χ2n) is 7.89. The van der Waals surface area contributed by atoms with Crippen LogP contribution in [0.2, 0.25) is 0 Å². The summed E-state index contributed by atoms with van der Waals surface area (Å²) in [6, 6.07) is 0. The van der Waals surface area contributed by atoms with E-state index < -0.39 is 23.6 Å². The van der Waals surface area contributed by atoms with Gasteiger partial charge in [0.05, 0.1) is 6.10 Å². The molecule has 0 aromatic heterocycles. The zero-order chi connectivity index (χ0) is 19.3. The van der Waals surface area contributed by atoms with Crippen LogP contribution in [0.15, 0.2) is 12.2 Å². The molecule has 0 spiro atoms. The Hall–Kier alpha value is -0.710. The van der Waals surface area contributed by atoms with E-state index in [1.807, 2.05) is 0 Å². The standard InChI is InChI=1S/C22H40O4/c1-2-3-4-5-6-7-8-9-10-11-12-13-14-15-16-19(23)22(26)20(24)17-18-21(22)25/h17-20,23-24,26H,2-16H2,1H3/t19-,20+,22+/m1/s1. The molecular formula is C22H40O4. The van der Waals surface area contributed by atoms with Gasteiger partial charge in [-0.2, -0.15) is 0 Å². The quantitative estimate of drug-likeness (QED) is 0.352. The van der Waals surface area contributed by atoms with Gasteiger partial charge in [-0.05, 0) is 18.6 Å². The Morgan fingerprint density at radius 2 is 1.31 bits per heavy atom. The molecule has 0 unspecified atom stereocenters. The van der Waals surface area contributed by atoms with E-state index >= 15 is 0 Å². The van der Waals surface area contributed by atoms with Crippen molar-refractivity contribution in [1.29, 1.82) is 0 Å². The normalized spacial score (nSPS) is 23.7. The Balaban J connectivity index is 1.90. The van der Waals surface area contributed by atoms with Gasteiger partial charge in [0.15, 0.2) is 11.4 Å². The third-order valence-corrected chi connectivity index (χ3v) is 5.61. The molecule has 3 N–H and O–H groups in total. The predicted octanol–water partition coefficient (Wildman–Crippen LogP) is 4.45. The first-order valence-electron chi connectivity index (χ1n) is 10.8. The molecule has 0 saturated carbocycles. The molecule has 4 nitrogen and oxygen atoms in total. The molecule has 4 heteroatoms. The topological polar surface area (TPSA) is 77.8 Å². The summed E-state index contributed by atoms with van der Waals surface area (Å²) in [5, 5.41) is 29.9. The molecule has 26 heavy (non-hydrogen) atoms. The molecule has 1 rings (SSSR count). The molecule has 0 aromatic rings. The zero-order valence-electron chi connectivity index (χ0n) is 16.7. The minimum absolute atomic E-state index is 0.346. The van der Waals surface area contributed by atoms with Gasteiger partial charge in [-0.3, -0.25) is 4.79 Å². The van der Waals surface area contributed by atoms with Gasteiger partial charge >= 0.3 is 0 Å². The maximum atomic E-state index is 11.6. The monoisotopic (exact) mass is 368 g/mol. The van der Waals surface area contributed by atoms with Crippen molar-refractivity contribution in [2.24, 2.45) is 0 Å². The Morgan fingerprint density at radius 1 is 0.885 bits per heavy atom. The van der Waals surface area contributed by atoms with E-state index in [2.05, 4.69) is 6.92 Å². The van der Waals surface area contributed by atoms with Crippen LogP contribution >= 0.6 is 0 Å². The van der Waals surface area contributed by atoms with Crippen LogP contribution < -0.4 is 0 Å². The van der Waals surface area contributed by atoms with Crippen molar-refractivity contribution in [3.05, 3.63) is 12.2 Å². The van der Waals surface area contributed by atoms with E-state index in [0.717, 1.165) is 25.3 Å². The molecule has 3 atom stereocenters. The molecule has 0 amide bonds. The van der Waals surface area contributed by atoms with E-state index in [1.165, 1.54) is 76.7 Å². The molecule has 0 saturated heterocycles. The maximum absolute atomic E-state index is 11.6. The van der Waals surface area contributed by atoms with Crippen LogP contribution in [0, 0.1) is 0 Å². The van der Waals surface area contributed by atoms with Crippen molar-refractivity contribution >= 4 is 5.78 Å². The van der Waals surface area contributed by atoms with E-state index in [9.17, 15) is 20.1 Å². The number of hydrogen-bond acceptors (Lipinski definition) is 4. The number of unbranched alkanes of at least 4 members (excludes halogenated alkanes) is 13. The van der Waals surface area contributed by atoms with Crippen molar-refractivity contribution in [1.82, 2.24) is 0 Å². The first-order chi connectivity index (χ1) is 12.5. The molecule has 1 aliphatic rings. The second-order valence-corrected chi connectivity index (χ2v) is 7.89. The van der Waals surface area contributed by atoms with E-state index in [1.54, 1.807) is 0 Å². The first kappa shape index (κ1) is 23.3. The fraction of sp³-hybridized carbons (Fsp3) is 0.864. The number of aliphatic hydroxyl groups excluding tert-OH is 2. The van der Waals surface area contributed by atoms with Crippen LogP contribution in [-0.2, 0) is 4.79 Å². The summed E-state index contributed by atoms with van der Waals surface area (Å²) in [6.45, 7) is 2.25. The third kappa shape index (κ3) is 7.89. The minimum Gasteiger partial charge on any atom is -0.390 e. The highest BCUT2D eigenvalue weighted by atomic mass is 16.4. The third-order valence-electron chi connectivity index (χ3n) is 5.61.